The Morgan fingerprint density at radius 2 is 2.10 bits per heavy atom. The molecule has 0 bridgehead atoms. The second-order valence-corrected chi connectivity index (χ2v) is 6.81. The van der Waals surface area contributed by atoms with Crippen molar-refractivity contribution >= 4 is 5.91 Å². The molecule has 0 aromatic carbocycles. The Hall–Kier alpha value is -1.32. The fourth-order valence-electron chi connectivity index (χ4n) is 3.21. The first-order chi connectivity index (χ1) is 9.66. The van der Waals surface area contributed by atoms with Gasteiger partial charge in [-0.1, -0.05) is 6.92 Å². The molecule has 1 aromatic rings. The lowest BCUT2D eigenvalue weighted by molar-refractivity contribution is -0.134. The number of aromatic nitrogens is 2. The maximum atomic E-state index is 12.1. The molecule has 0 atom stereocenters. The third kappa shape index (κ3) is 3.22. The predicted octanol–water partition coefficient (Wildman–Crippen LogP) is 2.70. The number of imidazole rings is 1. The van der Waals surface area contributed by atoms with Crippen molar-refractivity contribution in [1.29, 1.82) is 0 Å². The summed E-state index contributed by atoms with van der Waals surface area (Å²) in [6.07, 6.45) is 12.8. The third-order valence-electron chi connectivity index (χ3n) is 4.96. The molecule has 0 spiro atoms. The molecule has 2 fully saturated rings. The molecule has 2 aliphatic rings. The summed E-state index contributed by atoms with van der Waals surface area (Å²) in [5.74, 6) is 0.797. The summed E-state index contributed by atoms with van der Waals surface area (Å²) in [5, 5.41) is 0. The Kier molecular flexibility index (Phi) is 3.81. The number of likely N-dealkylation sites (tertiary alicyclic amines) is 1. The van der Waals surface area contributed by atoms with E-state index in [2.05, 4.69) is 21.4 Å². The third-order valence-corrected chi connectivity index (χ3v) is 4.96. The van der Waals surface area contributed by atoms with Crippen molar-refractivity contribution in [1.82, 2.24) is 14.5 Å². The largest absolute Gasteiger partial charge is 0.342 e. The quantitative estimate of drug-likeness (QED) is 0.828. The number of nitrogens with zero attached hydrogens (tertiary/aromatic N) is 3. The van der Waals surface area contributed by atoms with Crippen LogP contribution in [-0.2, 0) is 11.3 Å². The zero-order chi connectivity index (χ0) is 14.0. The number of rotatable bonds is 5. The fraction of sp³-hybridized carbons (Fsp3) is 0.750. The number of hydrogen-bond donors (Lipinski definition) is 0. The topological polar surface area (TPSA) is 38.1 Å². The molecule has 20 heavy (non-hydrogen) atoms. The van der Waals surface area contributed by atoms with Crippen LogP contribution in [0.25, 0.3) is 0 Å². The first kappa shape index (κ1) is 13.7. The van der Waals surface area contributed by atoms with E-state index in [9.17, 15) is 4.79 Å². The van der Waals surface area contributed by atoms with Crippen LogP contribution in [0, 0.1) is 11.3 Å². The smallest absolute Gasteiger partial charge is 0.225 e. The maximum Gasteiger partial charge on any atom is 0.225 e. The normalized spacial score (nSPS) is 21.9. The average Bonchev–Trinajstić information content (AvgIpc) is 3.17. The van der Waals surface area contributed by atoms with Crippen LogP contribution in [0.5, 0.6) is 0 Å². The van der Waals surface area contributed by atoms with Crippen molar-refractivity contribution in [2.45, 2.75) is 52.0 Å². The fourth-order valence-corrected chi connectivity index (χ4v) is 3.21. The minimum atomic E-state index is 0.376. The first-order valence-electron chi connectivity index (χ1n) is 7.91. The van der Waals surface area contributed by atoms with Gasteiger partial charge in [-0.25, -0.2) is 4.98 Å². The highest BCUT2D eigenvalue weighted by atomic mass is 16.2. The molecule has 1 amide bonds. The molecule has 4 heteroatoms. The van der Waals surface area contributed by atoms with Crippen LogP contribution in [0.2, 0.25) is 0 Å². The number of amides is 1. The SMILES string of the molecule is CC1(CCCn2ccnc2)CCN(C(=O)C2CC2)CC1. The van der Waals surface area contributed by atoms with Gasteiger partial charge in [0.25, 0.3) is 0 Å². The summed E-state index contributed by atoms with van der Waals surface area (Å²) in [6.45, 7) is 5.38. The van der Waals surface area contributed by atoms with Crippen molar-refractivity contribution in [2.75, 3.05) is 13.1 Å². The summed E-state index contributed by atoms with van der Waals surface area (Å²) in [5.41, 5.74) is 0.418. The van der Waals surface area contributed by atoms with E-state index < -0.39 is 0 Å². The number of piperidine rings is 1. The first-order valence-corrected chi connectivity index (χ1v) is 7.91. The van der Waals surface area contributed by atoms with Gasteiger partial charge in [-0.3, -0.25) is 4.79 Å². The molecule has 2 heterocycles. The zero-order valence-corrected chi connectivity index (χ0v) is 12.4. The second-order valence-electron chi connectivity index (χ2n) is 6.81. The summed E-state index contributed by atoms with van der Waals surface area (Å²) in [7, 11) is 0. The van der Waals surface area contributed by atoms with E-state index in [4.69, 9.17) is 0 Å². The molecule has 110 valence electrons. The average molecular weight is 275 g/mol. The minimum absolute atomic E-state index is 0.376. The highest BCUT2D eigenvalue weighted by Gasteiger charge is 2.37. The predicted molar refractivity (Wildman–Crippen MR) is 78.1 cm³/mol. The van der Waals surface area contributed by atoms with Gasteiger partial charge in [0.1, 0.15) is 0 Å². The zero-order valence-electron chi connectivity index (χ0n) is 12.4. The molecule has 0 radical (unpaired) electrons. The standard InChI is InChI=1S/C16H25N3O/c1-16(5-2-9-18-12-8-17-13-18)6-10-19(11-7-16)15(20)14-3-4-14/h8,12-14H,2-7,9-11H2,1H3. The molecule has 0 unspecified atom stereocenters. The molecule has 4 nitrogen and oxygen atoms in total. The minimum Gasteiger partial charge on any atom is -0.342 e. The Bertz CT molecular complexity index is 442. The monoisotopic (exact) mass is 275 g/mol. The lowest BCUT2D eigenvalue weighted by Gasteiger charge is -2.39. The molecule has 1 saturated heterocycles. The Morgan fingerprint density at radius 3 is 2.70 bits per heavy atom. The number of carbonyl (C=O) groups is 1. The van der Waals surface area contributed by atoms with E-state index in [0.717, 1.165) is 45.3 Å². The van der Waals surface area contributed by atoms with E-state index in [1.54, 1.807) is 0 Å². The van der Waals surface area contributed by atoms with Crippen molar-refractivity contribution < 1.29 is 4.79 Å². The molecular formula is C16H25N3O. The van der Waals surface area contributed by atoms with Gasteiger partial charge in [0.2, 0.25) is 5.91 Å². The van der Waals surface area contributed by atoms with E-state index in [-0.39, 0.29) is 0 Å². The van der Waals surface area contributed by atoms with Gasteiger partial charge >= 0.3 is 0 Å². The van der Waals surface area contributed by atoms with E-state index in [0.29, 0.717) is 17.2 Å². The molecular weight excluding hydrogens is 250 g/mol. The van der Waals surface area contributed by atoms with Crippen LogP contribution >= 0.6 is 0 Å². The molecule has 1 saturated carbocycles. The summed E-state index contributed by atoms with van der Waals surface area (Å²) >= 11 is 0. The van der Waals surface area contributed by atoms with Crippen molar-refractivity contribution in [3.05, 3.63) is 18.7 Å². The highest BCUT2D eigenvalue weighted by Crippen LogP contribution is 2.38. The van der Waals surface area contributed by atoms with Crippen LogP contribution in [0.1, 0.15) is 45.4 Å². The van der Waals surface area contributed by atoms with E-state index in [1.807, 2.05) is 18.7 Å². The van der Waals surface area contributed by atoms with Gasteiger partial charge < -0.3 is 9.47 Å². The van der Waals surface area contributed by atoms with E-state index >= 15 is 0 Å². The molecule has 1 aliphatic heterocycles. The van der Waals surface area contributed by atoms with Crippen LogP contribution in [0.4, 0.5) is 0 Å². The Labute approximate surface area is 121 Å². The molecule has 1 aliphatic carbocycles. The lowest BCUT2D eigenvalue weighted by atomic mass is 9.76. The van der Waals surface area contributed by atoms with Gasteiger partial charge in [-0.2, -0.15) is 0 Å². The Morgan fingerprint density at radius 1 is 1.35 bits per heavy atom. The van der Waals surface area contributed by atoms with Crippen molar-refractivity contribution in [2.24, 2.45) is 11.3 Å². The summed E-state index contributed by atoms with van der Waals surface area (Å²) in [4.78, 5) is 18.2. The molecule has 1 aromatic heterocycles. The van der Waals surface area contributed by atoms with Gasteiger partial charge in [-0.15, -0.1) is 0 Å². The van der Waals surface area contributed by atoms with Crippen LogP contribution < -0.4 is 0 Å². The van der Waals surface area contributed by atoms with Gasteiger partial charge in [0, 0.05) is 37.9 Å². The van der Waals surface area contributed by atoms with Crippen LogP contribution in [0.3, 0.4) is 0 Å². The number of aryl methyl sites for hydroxylation is 1. The maximum absolute atomic E-state index is 12.1. The van der Waals surface area contributed by atoms with Crippen molar-refractivity contribution in [3.63, 3.8) is 0 Å². The number of carbonyl (C=O) groups excluding carboxylic acids is 1. The lowest BCUT2D eigenvalue weighted by Crippen LogP contribution is -2.42. The van der Waals surface area contributed by atoms with Gasteiger partial charge in [0.15, 0.2) is 0 Å². The summed E-state index contributed by atoms with van der Waals surface area (Å²) < 4.78 is 2.15. The van der Waals surface area contributed by atoms with Gasteiger partial charge in [0.05, 0.1) is 6.33 Å². The molecule has 3 rings (SSSR count). The van der Waals surface area contributed by atoms with Gasteiger partial charge in [-0.05, 0) is 43.9 Å². The molecule has 0 N–H and O–H groups in total. The highest BCUT2D eigenvalue weighted by molar-refractivity contribution is 5.81. The summed E-state index contributed by atoms with van der Waals surface area (Å²) in [6, 6.07) is 0. The second kappa shape index (κ2) is 5.58. The van der Waals surface area contributed by atoms with Crippen LogP contribution in [-0.4, -0.2) is 33.4 Å². The van der Waals surface area contributed by atoms with Crippen LogP contribution in [0.15, 0.2) is 18.7 Å². The van der Waals surface area contributed by atoms with Crippen molar-refractivity contribution in [3.8, 4) is 0 Å². The Balaban J connectivity index is 1.42. The van der Waals surface area contributed by atoms with E-state index in [1.165, 1.54) is 12.8 Å². The number of hydrogen-bond acceptors (Lipinski definition) is 2.